The van der Waals surface area contributed by atoms with Gasteiger partial charge in [-0.1, -0.05) is 12.2 Å². The molecule has 0 fully saturated rings. The molecule has 24 heavy (non-hydrogen) atoms. The number of nitrogens with two attached hydrogens (primary N) is 1. The van der Waals surface area contributed by atoms with Crippen molar-refractivity contribution < 1.29 is 0 Å². The summed E-state index contributed by atoms with van der Waals surface area (Å²) in [6.45, 7) is 2.89. The Morgan fingerprint density at radius 3 is 2.62 bits per heavy atom. The first kappa shape index (κ1) is 14.8. The van der Waals surface area contributed by atoms with E-state index in [4.69, 9.17) is 11.0 Å². The second-order valence-electron chi connectivity index (χ2n) is 5.72. The van der Waals surface area contributed by atoms with Crippen LogP contribution in [0.15, 0.2) is 42.5 Å². The van der Waals surface area contributed by atoms with Crippen LogP contribution in [0.25, 0.3) is 21.6 Å². The lowest BCUT2D eigenvalue weighted by molar-refractivity contribution is 0.348. The number of nitrogens with zero attached hydrogens (tertiary/aromatic N) is 4. The van der Waals surface area contributed by atoms with Gasteiger partial charge in [-0.25, -0.2) is 9.97 Å². The first-order valence-corrected chi connectivity index (χ1v) is 8.48. The average Bonchev–Trinajstić information content (AvgIpc) is 3.25. The fraction of sp³-hybridized carbons (Fsp3) is 0.167. The molecule has 0 unspecified atom stereocenters. The molecule has 1 aliphatic rings. The van der Waals surface area contributed by atoms with Gasteiger partial charge in [0.25, 0.3) is 0 Å². The maximum absolute atomic E-state index is 8.90. The molecule has 1 aromatic carbocycles. The summed E-state index contributed by atoms with van der Waals surface area (Å²) in [5, 5.41) is 9.81. The van der Waals surface area contributed by atoms with Crippen molar-refractivity contribution in [3.05, 3.63) is 52.9 Å². The van der Waals surface area contributed by atoms with Gasteiger partial charge in [0.05, 0.1) is 17.0 Å². The second-order valence-corrected chi connectivity index (χ2v) is 6.83. The summed E-state index contributed by atoms with van der Waals surface area (Å²) in [5.41, 5.74) is 7.63. The molecule has 0 spiro atoms. The second kappa shape index (κ2) is 6.04. The molecule has 0 saturated carbocycles. The number of aromatic nitrogens is 2. The quantitative estimate of drug-likeness (QED) is 0.745. The lowest BCUT2D eigenvalue weighted by Gasteiger charge is -2.12. The van der Waals surface area contributed by atoms with Gasteiger partial charge in [0.1, 0.15) is 10.6 Å². The zero-order valence-corrected chi connectivity index (χ0v) is 13.8. The Hall–Kier alpha value is -2.75. The molecule has 2 N–H and O–H groups in total. The summed E-state index contributed by atoms with van der Waals surface area (Å²) in [6.07, 6.45) is 4.37. The van der Waals surface area contributed by atoms with E-state index < -0.39 is 0 Å². The number of hydrogen-bond donors (Lipinski definition) is 1. The van der Waals surface area contributed by atoms with Gasteiger partial charge >= 0.3 is 0 Å². The van der Waals surface area contributed by atoms with Gasteiger partial charge < -0.3 is 5.73 Å². The number of hydrogen-bond acceptors (Lipinski definition) is 6. The fourth-order valence-electron chi connectivity index (χ4n) is 2.77. The Bertz CT molecular complexity index is 957. The van der Waals surface area contributed by atoms with Gasteiger partial charge in [0.15, 0.2) is 5.82 Å². The van der Waals surface area contributed by atoms with Gasteiger partial charge in [-0.15, -0.1) is 11.3 Å². The minimum absolute atomic E-state index is 0.501. The van der Waals surface area contributed by atoms with Crippen molar-refractivity contribution >= 4 is 27.4 Å². The van der Waals surface area contributed by atoms with Crippen molar-refractivity contribution in [3.8, 4) is 17.5 Å². The molecule has 0 atom stereocenters. The highest BCUT2D eigenvalue weighted by Gasteiger charge is 2.14. The topological polar surface area (TPSA) is 78.8 Å². The largest absolute Gasteiger partial charge is 0.383 e. The molecule has 2 aromatic heterocycles. The molecule has 1 aliphatic heterocycles. The summed E-state index contributed by atoms with van der Waals surface area (Å²) in [6, 6.07) is 11.4. The van der Waals surface area contributed by atoms with Crippen molar-refractivity contribution in [3.63, 3.8) is 0 Å². The number of nitriles is 1. The maximum atomic E-state index is 8.90. The number of rotatable bonds is 3. The SMILES string of the molecule is N#Cc1ccc(-c2nc(N)c3cc(CN4CC=CC4)sc3n2)cc1. The molecule has 0 bridgehead atoms. The molecule has 118 valence electrons. The number of thiophene rings is 1. The first-order chi connectivity index (χ1) is 11.7. The van der Waals surface area contributed by atoms with Crippen molar-refractivity contribution in [2.45, 2.75) is 6.54 Å². The molecule has 0 amide bonds. The highest BCUT2D eigenvalue weighted by molar-refractivity contribution is 7.18. The number of fused-ring (bicyclic) bond motifs is 1. The summed E-state index contributed by atoms with van der Waals surface area (Å²) < 4.78 is 0. The zero-order valence-electron chi connectivity index (χ0n) is 12.9. The Balaban J connectivity index is 1.69. The highest BCUT2D eigenvalue weighted by Crippen LogP contribution is 2.31. The Labute approximate surface area is 143 Å². The van der Waals surface area contributed by atoms with E-state index in [1.165, 1.54) is 4.88 Å². The van der Waals surface area contributed by atoms with Gasteiger partial charge in [-0.05, 0) is 30.3 Å². The van der Waals surface area contributed by atoms with E-state index in [9.17, 15) is 0 Å². The van der Waals surface area contributed by atoms with E-state index in [0.717, 1.165) is 35.4 Å². The summed E-state index contributed by atoms with van der Waals surface area (Å²) >= 11 is 1.66. The molecule has 3 heterocycles. The monoisotopic (exact) mass is 333 g/mol. The molecule has 3 aromatic rings. The third-order valence-corrected chi connectivity index (χ3v) is 5.03. The van der Waals surface area contributed by atoms with Crippen molar-refractivity contribution in [2.24, 2.45) is 0 Å². The van der Waals surface area contributed by atoms with Crippen molar-refractivity contribution in [1.29, 1.82) is 5.26 Å². The van der Waals surface area contributed by atoms with Crippen LogP contribution < -0.4 is 5.73 Å². The summed E-state index contributed by atoms with van der Waals surface area (Å²) in [4.78, 5) is 13.6. The molecule has 6 heteroatoms. The molecule has 5 nitrogen and oxygen atoms in total. The van der Waals surface area contributed by atoms with Crippen LogP contribution in [0.2, 0.25) is 0 Å². The molecule has 4 rings (SSSR count). The van der Waals surface area contributed by atoms with Crippen LogP contribution in [-0.2, 0) is 6.54 Å². The van der Waals surface area contributed by atoms with E-state index >= 15 is 0 Å². The van der Waals surface area contributed by atoms with Crippen molar-refractivity contribution in [1.82, 2.24) is 14.9 Å². The number of benzene rings is 1. The lowest BCUT2D eigenvalue weighted by Crippen LogP contribution is -2.18. The molecular weight excluding hydrogens is 318 g/mol. The predicted molar refractivity (Wildman–Crippen MR) is 96.4 cm³/mol. The van der Waals surface area contributed by atoms with Crippen LogP contribution in [0.3, 0.4) is 0 Å². The standard InChI is InChI=1S/C18H15N5S/c19-10-12-3-5-13(6-4-12)17-21-16(20)15-9-14(24-18(15)22-17)11-23-7-1-2-8-23/h1-6,9H,7-8,11H2,(H2,20,21,22). The van der Waals surface area contributed by atoms with Crippen LogP contribution in [0.1, 0.15) is 10.4 Å². The van der Waals surface area contributed by atoms with Crippen LogP contribution in [0, 0.1) is 11.3 Å². The maximum Gasteiger partial charge on any atom is 0.163 e. The fourth-order valence-corrected chi connectivity index (χ4v) is 3.84. The van der Waals surface area contributed by atoms with E-state index in [-0.39, 0.29) is 0 Å². The Morgan fingerprint density at radius 1 is 1.17 bits per heavy atom. The van der Waals surface area contributed by atoms with E-state index in [2.05, 4.69) is 39.2 Å². The number of anilines is 1. The highest BCUT2D eigenvalue weighted by atomic mass is 32.1. The summed E-state index contributed by atoms with van der Waals surface area (Å²) in [5.74, 6) is 1.10. The lowest BCUT2D eigenvalue weighted by atomic mass is 10.1. The van der Waals surface area contributed by atoms with Gasteiger partial charge in [0, 0.05) is 30.1 Å². The predicted octanol–water partition coefficient (Wildman–Crippen LogP) is 3.18. The smallest absolute Gasteiger partial charge is 0.163 e. The number of nitrogen functional groups attached to an aromatic ring is 1. The Kier molecular flexibility index (Phi) is 3.73. The Morgan fingerprint density at radius 2 is 1.92 bits per heavy atom. The first-order valence-electron chi connectivity index (χ1n) is 7.67. The van der Waals surface area contributed by atoms with Gasteiger partial charge in [0.2, 0.25) is 0 Å². The molecule has 0 radical (unpaired) electrons. The minimum Gasteiger partial charge on any atom is -0.383 e. The van der Waals surface area contributed by atoms with Gasteiger partial charge in [-0.3, -0.25) is 4.90 Å². The molecule has 0 saturated heterocycles. The van der Waals surface area contributed by atoms with Crippen molar-refractivity contribution in [2.75, 3.05) is 18.8 Å². The average molecular weight is 333 g/mol. The molecule has 0 aliphatic carbocycles. The van der Waals surface area contributed by atoms with E-state index in [1.54, 1.807) is 23.5 Å². The van der Waals surface area contributed by atoms with Crippen LogP contribution >= 0.6 is 11.3 Å². The van der Waals surface area contributed by atoms with Crippen LogP contribution in [0.5, 0.6) is 0 Å². The van der Waals surface area contributed by atoms with E-state index in [1.807, 2.05) is 12.1 Å². The third kappa shape index (κ3) is 2.75. The van der Waals surface area contributed by atoms with Crippen LogP contribution in [0.4, 0.5) is 5.82 Å². The minimum atomic E-state index is 0.501. The van der Waals surface area contributed by atoms with Crippen LogP contribution in [-0.4, -0.2) is 28.0 Å². The zero-order chi connectivity index (χ0) is 16.5. The normalized spacial score (nSPS) is 14.3. The van der Waals surface area contributed by atoms with Gasteiger partial charge in [-0.2, -0.15) is 5.26 Å². The summed E-state index contributed by atoms with van der Waals surface area (Å²) in [7, 11) is 0. The van der Waals surface area contributed by atoms with E-state index in [0.29, 0.717) is 17.2 Å². The molecular formula is C18H15N5S. The third-order valence-electron chi connectivity index (χ3n) is 4.02.